The summed E-state index contributed by atoms with van der Waals surface area (Å²) in [6, 6.07) is 14.5. The number of esters is 1. The van der Waals surface area contributed by atoms with E-state index in [1.165, 1.54) is 25.7 Å². The lowest BCUT2D eigenvalue weighted by Crippen LogP contribution is -2.09. The zero-order valence-corrected chi connectivity index (χ0v) is 15.1. The minimum atomic E-state index is -0.230. The van der Waals surface area contributed by atoms with Crippen molar-refractivity contribution >= 4 is 17.8 Å². The molecule has 4 heteroatoms. The van der Waals surface area contributed by atoms with Crippen LogP contribution in [0.3, 0.4) is 0 Å². The molecule has 1 saturated carbocycles. The number of ketones is 1. The van der Waals surface area contributed by atoms with Crippen LogP contribution in [-0.2, 0) is 4.79 Å². The molecule has 2 aliphatic rings. The molecule has 2 aromatic carbocycles. The number of allylic oxidation sites excluding steroid dienone is 1. The molecule has 2 aromatic rings. The molecule has 4 rings (SSSR count). The Kier molecular flexibility index (Phi) is 5.05. The van der Waals surface area contributed by atoms with Crippen LogP contribution in [0.2, 0.25) is 0 Å². The largest absolute Gasteiger partial charge is 0.452 e. The predicted molar refractivity (Wildman–Crippen MR) is 103 cm³/mol. The van der Waals surface area contributed by atoms with E-state index in [-0.39, 0.29) is 17.5 Å². The number of benzene rings is 2. The fourth-order valence-corrected chi connectivity index (χ4v) is 3.73. The number of hydrogen-bond donors (Lipinski definition) is 0. The summed E-state index contributed by atoms with van der Waals surface area (Å²) in [5, 5.41) is 0. The predicted octanol–water partition coefficient (Wildman–Crippen LogP) is 5.18. The Morgan fingerprint density at radius 1 is 1.11 bits per heavy atom. The molecule has 0 bridgehead atoms. The van der Waals surface area contributed by atoms with Crippen molar-refractivity contribution < 1.29 is 19.1 Å². The zero-order chi connectivity index (χ0) is 18.6. The Labute approximate surface area is 158 Å². The molecule has 0 radical (unpaired) electrons. The van der Waals surface area contributed by atoms with E-state index in [0.29, 0.717) is 29.4 Å². The second-order valence-electron chi connectivity index (χ2n) is 7.17. The lowest BCUT2D eigenvalue weighted by molar-refractivity contribution is -0.134. The lowest BCUT2D eigenvalue weighted by atomic mass is 10.0. The van der Waals surface area contributed by atoms with Crippen LogP contribution in [0.15, 0.2) is 54.3 Å². The van der Waals surface area contributed by atoms with Crippen molar-refractivity contribution in [1.29, 1.82) is 0 Å². The smallest absolute Gasteiger partial charge is 0.311 e. The molecule has 1 heterocycles. The minimum absolute atomic E-state index is 0.159. The van der Waals surface area contributed by atoms with Gasteiger partial charge in [-0.15, -0.1) is 0 Å². The van der Waals surface area contributed by atoms with Gasteiger partial charge in [0, 0.05) is 12.5 Å². The van der Waals surface area contributed by atoms with Crippen molar-refractivity contribution in [2.75, 3.05) is 0 Å². The Morgan fingerprint density at radius 2 is 1.89 bits per heavy atom. The maximum Gasteiger partial charge on any atom is 0.311 e. The van der Waals surface area contributed by atoms with Gasteiger partial charge in [-0.1, -0.05) is 56.0 Å². The van der Waals surface area contributed by atoms with Gasteiger partial charge in [-0.2, -0.15) is 0 Å². The summed E-state index contributed by atoms with van der Waals surface area (Å²) in [7, 11) is 0. The van der Waals surface area contributed by atoms with Crippen LogP contribution in [0, 0.1) is 5.92 Å². The van der Waals surface area contributed by atoms with Gasteiger partial charge in [0.25, 0.3) is 0 Å². The number of fused-ring (bicyclic) bond motifs is 1. The summed E-state index contributed by atoms with van der Waals surface area (Å²) < 4.78 is 11.1. The maximum atomic E-state index is 12.5. The van der Waals surface area contributed by atoms with Crippen LogP contribution in [-0.4, -0.2) is 11.8 Å². The van der Waals surface area contributed by atoms with Gasteiger partial charge in [0.15, 0.2) is 5.76 Å². The molecule has 0 saturated heterocycles. The SMILES string of the molecule is O=C(CCC1CCCC1)Oc1ccc2c(c1)OC(=Cc1ccccc1)C2=O. The topological polar surface area (TPSA) is 52.6 Å². The van der Waals surface area contributed by atoms with Crippen LogP contribution in [0.4, 0.5) is 0 Å². The van der Waals surface area contributed by atoms with E-state index in [1.54, 1.807) is 24.3 Å². The zero-order valence-electron chi connectivity index (χ0n) is 15.1. The molecule has 1 aliphatic heterocycles. The van der Waals surface area contributed by atoms with Crippen LogP contribution in [0.1, 0.15) is 54.4 Å². The van der Waals surface area contributed by atoms with E-state index in [1.807, 2.05) is 30.3 Å². The third-order valence-electron chi connectivity index (χ3n) is 5.20. The first-order chi connectivity index (χ1) is 13.2. The number of ether oxygens (including phenoxy) is 2. The molecule has 0 N–H and O–H groups in total. The molecular weight excluding hydrogens is 340 g/mol. The summed E-state index contributed by atoms with van der Waals surface area (Å²) in [6.45, 7) is 0. The van der Waals surface area contributed by atoms with Gasteiger partial charge < -0.3 is 9.47 Å². The van der Waals surface area contributed by atoms with E-state index in [0.717, 1.165) is 12.0 Å². The van der Waals surface area contributed by atoms with E-state index in [2.05, 4.69) is 0 Å². The number of carbonyl (C=O) groups excluding carboxylic acids is 2. The second kappa shape index (κ2) is 7.78. The van der Waals surface area contributed by atoms with Crippen LogP contribution in [0.25, 0.3) is 6.08 Å². The van der Waals surface area contributed by atoms with E-state index >= 15 is 0 Å². The molecule has 1 fully saturated rings. The standard InChI is InChI=1S/C23H22O4/c24-22(13-10-16-6-4-5-7-16)26-18-11-12-19-20(15-18)27-21(23(19)25)14-17-8-2-1-3-9-17/h1-3,8-9,11-12,14-16H,4-7,10,13H2. The molecule has 0 spiro atoms. The first kappa shape index (κ1) is 17.5. The molecule has 0 unspecified atom stereocenters. The molecule has 4 nitrogen and oxygen atoms in total. The van der Waals surface area contributed by atoms with Gasteiger partial charge in [-0.05, 0) is 36.1 Å². The fraction of sp³-hybridized carbons (Fsp3) is 0.304. The summed E-state index contributed by atoms with van der Waals surface area (Å²) in [6.07, 6.45) is 8.03. The van der Waals surface area contributed by atoms with Crippen molar-refractivity contribution in [2.24, 2.45) is 5.92 Å². The maximum absolute atomic E-state index is 12.5. The highest BCUT2D eigenvalue weighted by Crippen LogP contribution is 2.35. The number of hydrogen-bond acceptors (Lipinski definition) is 4. The highest BCUT2D eigenvalue weighted by atomic mass is 16.5. The van der Waals surface area contributed by atoms with Gasteiger partial charge in [0.2, 0.25) is 5.78 Å². The number of carbonyl (C=O) groups is 2. The number of rotatable bonds is 5. The Hall–Kier alpha value is -2.88. The van der Waals surface area contributed by atoms with Crippen LogP contribution < -0.4 is 9.47 Å². The highest BCUT2D eigenvalue weighted by Gasteiger charge is 2.28. The van der Waals surface area contributed by atoms with Gasteiger partial charge in [-0.3, -0.25) is 9.59 Å². The van der Waals surface area contributed by atoms with Gasteiger partial charge >= 0.3 is 5.97 Å². The summed E-state index contributed by atoms with van der Waals surface area (Å²) >= 11 is 0. The molecule has 0 aromatic heterocycles. The first-order valence-electron chi connectivity index (χ1n) is 9.53. The lowest BCUT2D eigenvalue weighted by Gasteiger charge is -2.09. The van der Waals surface area contributed by atoms with E-state index < -0.39 is 0 Å². The summed E-state index contributed by atoms with van der Waals surface area (Å²) in [5.41, 5.74) is 1.38. The Balaban J connectivity index is 1.41. The Morgan fingerprint density at radius 3 is 2.67 bits per heavy atom. The summed E-state index contributed by atoms with van der Waals surface area (Å²) in [5.74, 6) is 1.39. The van der Waals surface area contributed by atoms with Gasteiger partial charge in [0.1, 0.15) is 11.5 Å². The highest BCUT2D eigenvalue weighted by molar-refractivity contribution is 6.14. The van der Waals surface area contributed by atoms with Crippen molar-refractivity contribution in [3.05, 3.63) is 65.4 Å². The third kappa shape index (κ3) is 4.11. The molecule has 138 valence electrons. The van der Waals surface area contributed by atoms with E-state index in [4.69, 9.17) is 9.47 Å². The van der Waals surface area contributed by atoms with Crippen molar-refractivity contribution in [1.82, 2.24) is 0 Å². The molecule has 0 atom stereocenters. The summed E-state index contributed by atoms with van der Waals surface area (Å²) in [4.78, 5) is 24.6. The van der Waals surface area contributed by atoms with Crippen molar-refractivity contribution in [3.63, 3.8) is 0 Å². The van der Waals surface area contributed by atoms with Gasteiger partial charge in [-0.25, -0.2) is 0 Å². The van der Waals surface area contributed by atoms with Crippen LogP contribution in [0.5, 0.6) is 11.5 Å². The monoisotopic (exact) mass is 362 g/mol. The minimum Gasteiger partial charge on any atom is -0.452 e. The number of Topliss-reactive ketones (excluding diaryl/α,β-unsaturated/α-hetero) is 1. The molecule has 27 heavy (non-hydrogen) atoms. The van der Waals surface area contributed by atoms with Crippen LogP contribution >= 0.6 is 0 Å². The molecule has 1 aliphatic carbocycles. The van der Waals surface area contributed by atoms with Gasteiger partial charge in [0.05, 0.1) is 5.56 Å². The molecular formula is C23H22O4. The first-order valence-corrected chi connectivity index (χ1v) is 9.53. The second-order valence-corrected chi connectivity index (χ2v) is 7.17. The average molecular weight is 362 g/mol. The molecule has 0 amide bonds. The fourth-order valence-electron chi connectivity index (χ4n) is 3.73. The average Bonchev–Trinajstić information content (AvgIpc) is 3.30. The third-order valence-corrected chi connectivity index (χ3v) is 5.20. The normalized spacial score (nSPS) is 17.8. The van der Waals surface area contributed by atoms with Crippen molar-refractivity contribution in [2.45, 2.75) is 38.5 Å². The quantitative estimate of drug-likeness (QED) is 0.418. The van der Waals surface area contributed by atoms with E-state index in [9.17, 15) is 9.59 Å². The Bertz CT molecular complexity index is 877. The van der Waals surface area contributed by atoms with Crippen molar-refractivity contribution in [3.8, 4) is 11.5 Å².